The quantitative estimate of drug-likeness (QED) is 0.237. The summed E-state index contributed by atoms with van der Waals surface area (Å²) in [4.78, 5) is 13.3. The van der Waals surface area contributed by atoms with Gasteiger partial charge in [0.1, 0.15) is 11.2 Å². The maximum atomic E-state index is 9.20. The molecule has 7 rings (SSSR count). The van der Waals surface area contributed by atoms with Crippen LogP contribution in [0, 0.1) is 17.9 Å². The molecule has 0 aliphatic heterocycles. The van der Waals surface area contributed by atoms with Crippen molar-refractivity contribution < 1.29 is 4.42 Å². The van der Waals surface area contributed by atoms with Crippen LogP contribution in [0.2, 0.25) is 0 Å². The minimum atomic E-state index is 0.599. The van der Waals surface area contributed by atoms with Gasteiger partial charge in [-0.2, -0.15) is 5.26 Å². The minimum Gasteiger partial charge on any atom is -0.455 e. The molecule has 0 radical (unpaired) electrons. The van der Waals surface area contributed by atoms with Gasteiger partial charge in [0.15, 0.2) is 5.69 Å². The predicted molar refractivity (Wildman–Crippen MR) is 146 cm³/mol. The average molecular weight is 473 g/mol. The number of rotatable bonds is 2. The van der Waals surface area contributed by atoms with Crippen LogP contribution < -0.4 is 0 Å². The summed E-state index contributed by atoms with van der Waals surface area (Å²) in [6.07, 6.45) is 0. The van der Waals surface area contributed by atoms with Gasteiger partial charge < -0.3 is 4.42 Å². The maximum Gasteiger partial charge on any atom is 0.187 e. The molecule has 37 heavy (non-hydrogen) atoms. The summed E-state index contributed by atoms with van der Waals surface area (Å²) in [5, 5.41) is 13.1. The van der Waals surface area contributed by atoms with Gasteiger partial charge in [0.2, 0.25) is 0 Å². The molecular weight excluding hydrogens is 456 g/mol. The fourth-order valence-electron chi connectivity index (χ4n) is 4.90. The molecule has 3 aromatic heterocycles. The van der Waals surface area contributed by atoms with E-state index in [1.165, 1.54) is 0 Å². The van der Waals surface area contributed by atoms with Crippen LogP contribution in [0.5, 0.6) is 0 Å². The predicted octanol–water partition coefficient (Wildman–Crippen LogP) is 8.44. The number of hydrogen-bond acceptors (Lipinski definition) is 4. The number of pyridine rings is 2. The Hall–Kier alpha value is -5.52. The first-order valence-electron chi connectivity index (χ1n) is 11.8. The lowest BCUT2D eigenvalue weighted by molar-refractivity contribution is 0.670. The van der Waals surface area contributed by atoms with Crippen molar-refractivity contribution in [3.05, 3.63) is 114 Å². The van der Waals surface area contributed by atoms with Crippen LogP contribution >= 0.6 is 0 Å². The van der Waals surface area contributed by atoms with E-state index in [2.05, 4.69) is 23.0 Å². The molecule has 0 fully saturated rings. The van der Waals surface area contributed by atoms with E-state index < -0.39 is 0 Å². The van der Waals surface area contributed by atoms with E-state index in [1.807, 2.05) is 72.8 Å². The van der Waals surface area contributed by atoms with E-state index in [-0.39, 0.29) is 0 Å². The van der Waals surface area contributed by atoms with Crippen LogP contribution in [-0.4, -0.2) is 9.97 Å². The van der Waals surface area contributed by atoms with Crippen molar-refractivity contribution in [2.24, 2.45) is 0 Å². The third kappa shape index (κ3) is 3.31. The van der Waals surface area contributed by atoms with Gasteiger partial charge in [0.05, 0.1) is 40.6 Å². The molecular formula is C32H16N4O. The third-order valence-corrected chi connectivity index (χ3v) is 6.70. The molecule has 7 aromatic rings. The lowest BCUT2D eigenvalue weighted by Crippen LogP contribution is -1.86. The lowest BCUT2D eigenvalue weighted by Gasteiger charge is -2.05. The van der Waals surface area contributed by atoms with E-state index in [0.29, 0.717) is 11.3 Å². The molecule has 0 amide bonds. The van der Waals surface area contributed by atoms with Crippen molar-refractivity contribution in [3.8, 4) is 28.6 Å². The van der Waals surface area contributed by atoms with Crippen molar-refractivity contribution >= 4 is 49.4 Å². The first kappa shape index (κ1) is 20.8. The molecule has 3 heterocycles. The van der Waals surface area contributed by atoms with E-state index in [4.69, 9.17) is 21.0 Å². The van der Waals surface area contributed by atoms with Gasteiger partial charge in [-0.1, -0.05) is 42.5 Å². The molecule has 0 aliphatic carbocycles. The SMILES string of the molecule is [C-]#[N+]c1ccc2nc(-c3cccc4c3oc3c(-c5ccc6cc(C#N)ccc6n5)cccc34)ccc2c1. The summed E-state index contributed by atoms with van der Waals surface area (Å²) >= 11 is 0. The number of benzene rings is 4. The standard InChI is InChI=1S/C32H16N4O/c1-34-22-11-15-28-21(17-22)10-14-30(36-28)26-7-3-5-24-23-4-2-6-25(31(23)37-32(24)26)29-13-9-20-16-19(18-33)8-12-27(20)35-29/h2-17H. The topological polar surface area (TPSA) is 67.1 Å². The van der Waals surface area contributed by atoms with Crippen molar-refractivity contribution in [1.82, 2.24) is 9.97 Å². The highest BCUT2D eigenvalue weighted by atomic mass is 16.3. The zero-order valence-corrected chi connectivity index (χ0v) is 19.4. The third-order valence-electron chi connectivity index (χ3n) is 6.70. The number of para-hydroxylation sites is 2. The minimum absolute atomic E-state index is 0.599. The molecule has 0 aliphatic rings. The van der Waals surface area contributed by atoms with E-state index >= 15 is 0 Å². The van der Waals surface area contributed by atoms with Crippen molar-refractivity contribution in [2.45, 2.75) is 0 Å². The first-order valence-corrected chi connectivity index (χ1v) is 11.8. The zero-order chi connectivity index (χ0) is 24.9. The number of nitrogens with zero attached hydrogens (tertiary/aromatic N) is 4. The summed E-state index contributed by atoms with van der Waals surface area (Å²) in [6.45, 7) is 7.25. The van der Waals surface area contributed by atoms with Gasteiger partial charge in [0, 0.05) is 27.3 Å². The Bertz CT molecular complexity index is 1970. The molecule has 0 bridgehead atoms. The Labute approximate surface area is 211 Å². The Kier molecular flexibility index (Phi) is 4.51. The maximum absolute atomic E-state index is 9.20. The lowest BCUT2D eigenvalue weighted by atomic mass is 10.0. The first-order chi connectivity index (χ1) is 18.2. The van der Waals surface area contributed by atoms with E-state index in [1.54, 1.807) is 12.1 Å². The number of furan rings is 1. The summed E-state index contributed by atoms with van der Waals surface area (Å²) in [7, 11) is 0. The molecule has 0 unspecified atom stereocenters. The fraction of sp³-hybridized carbons (Fsp3) is 0. The van der Waals surface area contributed by atoms with Gasteiger partial charge >= 0.3 is 0 Å². The van der Waals surface area contributed by atoms with Crippen LogP contribution in [0.4, 0.5) is 5.69 Å². The van der Waals surface area contributed by atoms with E-state index in [9.17, 15) is 5.26 Å². The average Bonchev–Trinajstić information content (AvgIpc) is 3.35. The molecule has 170 valence electrons. The highest BCUT2D eigenvalue weighted by molar-refractivity contribution is 6.12. The van der Waals surface area contributed by atoms with Crippen LogP contribution in [0.15, 0.2) is 101 Å². The second kappa shape index (κ2) is 8.02. The largest absolute Gasteiger partial charge is 0.455 e. The summed E-state index contributed by atoms with van der Waals surface area (Å²) in [5.74, 6) is 0. The number of fused-ring (bicyclic) bond motifs is 5. The Balaban J connectivity index is 1.42. The molecule has 0 saturated heterocycles. The van der Waals surface area contributed by atoms with Crippen LogP contribution in [-0.2, 0) is 0 Å². The molecule has 0 spiro atoms. The highest BCUT2D eigenvalue weighted by Gasteiger charge is 2.17. The van der Waals surface area contributed by atoms with Crippen molar-refractivity contribution in [1.29, 1.82) is 5.26 Å². The zero-order valence-electron chi connectivity index (χ0n) is 19.4. The van der Waals surface area contributed by atoms with Gasteiger partial charge in [-0.25, -0.2) is 14.8 Å². The van der Waals surface area contributed by atoms with Crippen LogP contribution in [0.25, 0.3) is 71.1 Å². The second-order valence-corrected chi connectivity index (χ2v) is 8.87. The Morgan fingerprint density at radius 1 is 0.676 bits per heavy atom. The van der Waals surface area contributed by atoms with Crippen LogP contribution in [0.1, 0.15) is 5.56 Å². The molecule has 5 nitrogen and oxygen atoms in total. The van der Waals surface area contributed by atoms with Gasteiger partial charge in [-0.05, 0) is 60.0 Å². The highest BCUT2D eigenvalue weighted by Crippen LogP contribution is 2.39. The van der Waals surface area contributed by atoms with Gasteiger partial charge in [0.25, 0.3) is 0 Å². The van der Waals surface area contributed by atoms with E-state index in [0.717, 1.165) is 66.3 Å². The summed E-state index contributed by atoms with van der Waals surface area (Å²) < 4.78 is 6.56. The van der Waals surface area contributed by atoms with Crippen molar-refractivity contribution in [3.63, 3.8) is 0 Å². The Morgan fingerprint density at radius 2 is 1.27 bits per heavy atom. The molecule has 4 aromatic carbocycles. The summed E-state index contributed by atoms with van der Waals surface area (Å²) in [5.41, 5.74) is 7.85. The monoisotopic (exact) mass is 472 g/mol. The smallest absolute Gasteiger partial charge is 0.187 e. The molecule has 0 N–H and O–H groups in total. The number of aromatic nitrogens is 2. The fourth-order valence-corrected chi connectivity index (χ4v) is 4.90. The molecule has 0 atom stereocenters. The normalized spacial score (nSPS) is 11.2. The van der Waals surface area contributed by atoms with Crippen LogP contribution in [0.3, 0.4) is 0 Å². The van der Waals surface area contributed by atoms with Gasteiger partial charge in [-0.15, -0.1) is 0 Å². The summed E-state index contributed by atoms with van der Waals surface area (Å²) in [6, 6.07) is 33.3. The molecule has 5 heteroatoms. The Morgan fingerprint density at radius 3 is 1.86 bits per heavy atom. The number of hydrogen-bond donors (Lipinski definition) is 0. The van der Waals surface area contributed by atoms with Crippen molar-refractivity contribution in [2.75, 3.05) is 0 Å². The molecule has 0 saturated carbocycles. The van der Waals surface area contributed by atoms with Gasteiger partial charge in [-0.3, -0.25) is 0 Å². The number of nitriles is 1. The second-order valence-electron chi connectivity index (χ2n) is 8.87.